The SMILES string of the molecule is Fc1ccc(-n2ncc3c(C(F)(F)F)cc(C4CC4)nc32)cc1. The van der Waals surface area contributed by atoms with Gasteiger partial charge >= 0.3 is 6.18 Å². The highest BCUT2D eigenvalue weighted by atomic mass is 19.4. The first-order chi connectivity index (χ1) is 10.9. The number of aromatic nitrogens is 3. The fraction of sp³-hybridized carbons (Fsp3) is 0.250. The number of nitrogens with zero attached hydrogens (tertiary/aromatic N) is 3. The van der Waals surface area contributed by atoms with Gasteiger partial charge in [0.2, 0.25) is 0 Å². The van der Waals surface area contributed by atoms with Crippen molar-refractivity contribution in [2.24, 2.45) is 0 Å². The maximum absolute atomic E-state index is 13.3. The molecule has 23 heavy (non-hydrogen) atoms. The highest BCUT2D eigenvalue weighted by Crippen LogP contribution is 2.43. The molecule has 4 rings (SSSR count). The molecule has 0 unspecified atom stereocenters. The predicted octanol–water partition coefficient (Wildman–Crippen LogP) is 4.46. The Kier molecular flexibility index (Phi) is 2.94. The third-order valence-corrected chi connectivity index (χ3v) is 3.93. The third kappa shape index (κ3) is 2.46. The van der Waals surface area contributed by atoms with Gasteiger partial charge < -0.3 is 0 Å². The molecular formula is C16H11F4N3. The molecule has 0 bridgehead atoms. The van der Waals surface area contributed by atoms with Crippen LogP contribution in [0.15, 0.2) is 36.5 Å². The molecule has 118 valence electrons. The number of pyridine rings is 1. The van der Waals surface area contributed by atoms with E-state index in [9.17, 15) is 17.6 Å². The molecule has 0 N–H and O–H groups in total. The number of alkyl halides is 3. The Balaban J connectivity index is 1.96. The van der Waals surface area contributed by atoms with Gasteiger partial charge in [-0.05, 0) is 43.2 Å². The largest absolute Gasteiger partial charge is 0.417 e. The zero-order chi connectivity index (χ0) is 16.2. The van der Waals surface area contributed by atoms with Crippen molar-refractivity contribution >= 4 is 11.0 Å². The Hall–Kier alpha value is -2.44. The Bertz CT molecular complexity index is 877. The van der Waals surface area contributed by atoms with Gasteiger partial charge in [0.1, 0.15) is 5.82 Å². The van der Waals surface area contributed by atoms with Crippen molar-refractivity contribution in [3.05, 3.63) is 53.6 Å². The van der Waals surface area contributed by atoms with Gasteiger partial charge in [0.25, 0.3) is 0 Å². The standard InChI is InChI=1S/C16H11F4N3/c17-10-3-5-11(6-4-10)23-15-12(8-21-23)13(16(18,19)20)7-14(22-15)9-1-2-9/h3-9H,1-2H2. The van der Waals surface area contributed by atoms with Crippen LogP contribution in [0.3, 0.4) is 0 Å². The molecule has 7 heteroatoms. The molecule has 0 amide bonds. The number of hydrogen-bond donors (Lipinski definition) is 0. The molecule has 0 aliphatic heterocycles. The molecule has 2 heterocycles. The van der Waals surface area contributed by atoms with Crippen LogP contribution in [-0.4, -0.2) is 14.8 Å². The van der Waals surface area contributed by atoms with E-state index in [0.29, 0.717) is 11.4 Å². The minimum atomic E-state index is -4.47. The Morgan fingerprint density at radius 3 is 2.39 bits per heavy atom. The van der Waals surface area contributed by atoms with E-state index in [0.717, 1.165) is 25.1 Å². The van der Waals surface area contributed by atoms with E-state index < -0.39 is 17.6 Å². The van der Waals surface area contributed by atoms with Gasteiger partial charge in [-0.15, -0.1) is 0 Å². The number of fused-ring (bicyclic) bond motifs is 1. The van der Waals surface area contributed by atoms with E-state index in [1.807, 2.05) is 0 Å². The first-order valence-corrected chi connectivity index (χ1v) is 7.15. The topological polar surface area (TPSA) is 30.7 Å². The van der Waals surface area contributed by atoms with Gasteiger partial charge in [-0.3, -0.25) is 0 Å². The first kappa shape index (κ1) is 14.2. The van der Waals surface area contributed by atoms with Crippen molar-refractivity contribution in [1.82, 2.24) is 14.8 Å². The van der Waals surface area contributed by atoms with Crippen molar-refractivity contribution in [2.45, 2.75) is 24.9 Å². The monoisotopic (exact) mass is 321 g/mol. The van der Waals surface area contributed by atoms with Crippen molar-refractivity contribution in [3.8, 4) is 5.69 Å². The number of halogens is 4. The summed E-state index contributed by atoms with van der Waals surface area (Å²) in [5.41, 5.74) is 0.328. The van der Waals surface area contributed by atoms with E-state index in [1.54, 1.807) is 0 Å². The highest BCUT2D eigenvalue weighted by Gasteiger charge is 2.36. The number of hydrogen-bond acceptors (Lipinski definition) is 2. The summed E-state index contributed by atoms with van der Waals surface area (Å²) < 4.78 is 54.4. The summed E-state index contributed by atoms with van der Waals surface area (Å²) in [6, 6.07) is 6.51. The van der Waals surface area contributed by atoms with Crippen LogP contribution in [-0.2, 0) is 6.18 Å². The number of benzene rings is 1. The molecule has 1 fully saturated rings. The summed E-state index contributed by atoms with van der Waals surface area (Å²) >= 11 is 0. The predicted molar refractivity (Wildman–Crippen MR) is 75.8 cm³/mol. The van der Waals surface area contributed by atoms with E-state index in [-0.39, 0.29) is 17.0 Å². The van der Waals surface area contributed by atoms with Gasteiger partial charge in [-0.2, -0.15) is 18.3 Å². The summed E-state index contributed by atoms with van der Waals surface area (Å²) in [5, 5.41) is 3.97. The lowest BCUT2D eigenvalue weighted by atomic mass is 10.1. The summed E-state index contributed by atoms with van der Waals surface area (Å²) in [4.78, 5) is 4.38. The summed E-state index contributed by atoms with van der Waals surface area (Å²) in [6.45, 7) is 0. The van der Waals surface area contributed by atoms with E-state index in [4.69, 9.17) is 0 Å². The molecule has 2 aromatic heterocycles. The molecule has 0 radical (unpaired) electrons. The third-order valence-electron chi connectivity index (χ3n) is 3.93. The second-order valence-electron chi connectivity index (χ2n) is 5.64. The Morgan fingerprint density at radius 1 is 1.09 bits per heavy atom. The van der Waals surface area contributed by atoms with Crippen LogP contribution in [0, 0.1) is 5.82 Å². The molecular weight excluding hydrogens is 310 g/mol. The fourth-order valence-electron chi connectivity index (χ4n) is 2.61. The average Bonchev–Trinajstić information content (AvgIpc) is 3.26. The van der Waals surface area contributed by atoms with Gasteiger partial charge in [0.05, 0.1) is 22.8 Å². The second-order valence-corrected chi connectivity index (χ2v) is 5.64. The van der Waals surface area contributed by atoms with E-state index in [2.05, 4.69) is 10.1 Å². The maximum atomic E-state index is 13.3. The van der Waals surface area contributed by atoms with Gasteiger partial charge in [0.15, 0.2) is 5.65 Å². The molecule has 0 saturated heterocycles. The van der Waals surface area contributed by atoms with Crippen molar-refractivity contribution in [2.75, 3.05) is 0 Å². The van der Waals surface area contributed by atoms with Crippen LogP contribution >= 0.6 is 0 Å². The lowest BCUT2D eigenvalue weighted by molar-refractivity contribution is -0.136. The molecule has 0 atom stereocenters. The Morgan fingerprint density at radius 2 is 1.78 bits per heavy atom. The molecule has 3 nitrogen and oxygen atoms in total. The van der Waals surface area contributed by atoms with Crippen molar-refractivity contribution in [3.63, 3.8) is 0 Å². The van der Waals surface area contributed by atoms with Crippen LogP contribution < -0.4 is 0 Å². The van der Waals surface area contributed by atoms with Gasteiger partial charge in [-0.1, -0.05) is 0 Å². The van der Waals surface area contributed by atoms with Crippen LogP contribution in [0.2, 0.25) is 0 Å². The lowest BCUT2D eigenvalue weighted by Crippen LogP contribution is -2.08. The summed E-state index contributed by atoms with van der Waals surface area (Å²) in [7, 11) is 0. The Labute approximate surface area is 128 Å². The van der Waals surface area contributed by atoms with Crippen LogP contribution in [0.1, 0.15) is 30.0 Å². The average molecular weight is 321 g/mol. The summed E-state index contributed by atoms with van der Waals surface area (Å²) in [5.74, 6) is -0.343. The van der Waals surface area contributed by atoms with Crippen molar-refractivity contribution in [1.29, 1.82) is 0 Å². The van der Waals surface area contributed by atoms with Crippen LogP contribution in [0.25, 0.3) is 16.7 Å². The minimum Gasteiger partial charge on any atom is -0.233 e. The van der Waals surface area contributed by atoms with Gasteiger partial charge in [-0.25, -0.2) is 14.1 Å². The molecule has 1 saturated carbocycles. The molecule has 1 aromatic carbocycles. The smallest absolute Gasteiger partial charge is 0.233 e. The normalized spacial score (nSPS) is 15.3. The van der Waals surface area contributed by atoms with Crippen molar-refractivity contribution < 1.29 is 17.6 Å². The first-order valence-electron chi connectivity index (χ1n) is 7.15. The number of rotatable bonds is 2. The highest BCUT2D eigenvalue weighted by molar-refractivity contribution is 5.81. The van der Waals surface area contributed by atoms with E-state index >= 15 is 0 Å². The molecule has 1 aliphatic carbocycles. The zero-order valence-corrected chi connectivity index (χ0v) is 11.8. The molecule has 3 aromatic rings. The second kappa shape index (κ2) is 4.78. The quantitative estimate of drug-likeness (QED) is 0.653. The van der Waals surface area contributed by atoms with Crippen LogP contribution in [0.4, 0.5) is 17.6 Å². The summed E-state index contributed by atoms with van der Waals surface area (Å²) in [6.07, 6.45) is -1.62. The maximum Gasteiger partial charge on any atom is 0.417 e. The molecule has 0 spiro atoms. The minimum absolute atomic E-state index is 0.0498. The fourth-order valence-corrected chi connectivity index (χ4v) is 2.61. The molecule has 1 aliphatic rings. The van der Waals surface area contributed by atoms with Gasteiger partial charge in [0, 0.05) is 11.6 Å². The lowest BCUT2D eigenvalue weighted by Gasteiger charge is -2.11. The van der Waals surface area contributed by atoms with E-state index in [1.165, 1.54) is 28.9 Å². The zero-order valence-electron chi connectivity index (χ0n) is 11.8. The van der Waals surface area contributed by atoms with Crippen LogP contribution in [0.5, 0.6) is 0 Å².